The molecule has 0 spiro atoms. The van der Waals surface area contributed by atoms with E-state index < -0.39 is 0 Å². The van der Waals surface area contributed by atoms with Gasteiger partial charge in [-0.15, -0.1) is 0 Å². The highest BCUT2D eigenvalue weighted by atomic mass is 16.2. The average Bonchev–Trinajstić information content (AvgIpc) is 2.41. The maximum Gasteiger partial charge on any atom is 0.243 e. The Morgan fingerprint density at radius 2 is 1.75 bits per heavy atom. The molecule has 0 bridgehead atoms. The summed E-state index contributed by atoms with van der Waals surface area (Å²) in [5.74, 6) is 0.494. The minimum atomic E-state index is -0.0668. The molecule has 0 aromatic heterocycles. The molecular weight excluding hydrogens is 258 g/mol. The first-order valence-electron chi connectivity index (χ1n) is 7.00. The Labute approximate surface area is 121 Å². The fourth-order valence-corrected chi connectivity index (χ4v) is 1.28. The van der Waals surface area contributed by atoms with Gasteiger partial charge in [-0.05, 0) is 13.3 Å². The molecule has 3 N–H and O–H groups in total. The zero-order chi connectivity index (χ0) is 15.4. The van der Waals surface area contributed by atoms with Gasteiger partial charge in [-0.2, -0.15) is 0 Å². The van der Waals surface area contributed by atoms with Crippen LogP contribution in [0.25, 0.3) is 0 Å². The fourth-order valence-electron chi connectivity index (χ4n) is 1.28. The van der Waals surface area contributed by atoms with Gasteiger partial charge in [-0.3, -0.25) is 9.59 Å². The van der Waals surface area contributed by atoms with Gasteiger partial charge in [0.1, 0.15) is 6.54 Å². The topological polar surface area (TPSA) is 85.8 Å². The predicted molar refractivity (Wildman–Crippen MR) is 80.6 cm³/mol. The van der Waals surface area contributed by atoms with Crippen LogP contribution in [0.3, 0.4) is 0 Å². The van der Waals surface area contributed by atoms with Crippen molar-refractivity contribution in [2.24, 2.45) is 4.99 Å². The van der Waals surface area contributed by atoms with Gasteiger partial charge in [0.05, 0.1) is 0 Å². The average molecular weight is 285 g/mol. The van der Waals surface area contributed by atoms with Crippen LogP contribution in [-0.4, -0.2) is 62.9 Å². The van der Waals surface area contributed by atoms with Gasteiger partial charge in [0.15, 0.2) is 5.96 Å². The minimum absolute atomic E-state index is 0.0135. The van der Waals surface area contributed by atoms with E-state index in [0.717, 1.165) is 6.42 Å². The van der Waals surface area contributed by atoms with E-state index in [1.165, 1.54) is 4.90 Å². The second-order valence-electron chi connectivity index (χ2n) is 4.51. The molecule has 0 saturated heterocycles. The number of aliphatic imine (C=N–C) groups is 1. The Morgan fingerprint density at radius 1 is 1.05 bits per heavy atom. The van der Waals surface area contributed by atoms with Gasteiger partial charge in [0.25, 0.3) is 0 Å². The number of hydrogen-bond donors (Lipinski definition) is 3. The highest BCUT2D eigenvalue weighted by Gasteiger charge is 2.05. The third-order valence-electron chi connectivity index (χ3n) is 2.43. The summed E-state index contributed by atoms with van der Waals surface area (Å²) in [5.41, 5.74) is 0. The first-order valence-corrected chi connectivity index (χ1v) is 7.00. The van der Waals surface area contributed by atoms with Crippen molar-refractivity contribution in [1.82, 2.24) is 20.9 Å². The highest BCUT2D eigenvalue weighted by Crippen LogP contribution is 1.83. The van der Waals surface area contributed by atoms with Gasteiger partial charge < -0.3 is 20.9 Å². The zero-order valence-electron chi connectivity index (χ0n) is 13.0. The molecule has 7 heteroatoms. The van der Waals surface area contributed by atoms with E-state index in [0.29, 0.717) is 32.0 Å². The quantitative estimate of drug-likeness (QED) is 0.416. The van der Waals surface area contributed by atoms with Gasteiger partial charge in [-0.25, -0.2) is 4.99 Å². The summed E-state index contributed by atoms with van der Waals surface area (Å²) in [6.07, 6.45) is 1.31. The number of amides is 2. The van der Waals surface area contributed by atoms with Crippen LogP contribution in [-0.2, 0) is 9.59 Å². The third-order valence-corrected chi connectivity index (χ3v) is 2.43. The molecule has 0 unspecified atom stereocenters. The van der Waals surface area contributed by atoms with Crippen LogP contribution in [0.1, 0.15) is 26.7 Å². The van der Waals surface area contributed by atoms with Crippen LogP contribution < -0.4 is 16.0 Å². The number of rotatable bonds is 8. The molecule has 116 valence electrons. The molecule has 2 amide bonds. The number of carbonyl (C=O) groups excluding carboxylic acids is 2. The Bertz CT molecular complexity index is 329. The Hall–Kier alpha value is -1.79. The maximum absolute atomic E-state index is 11.5. The van der Waals surface area contributed by atoms with Crippen molar-refractivity contribution in [1.29, 1.82) is 0 Å². The van der Waals surface area contributed by atoms with Gasteiger partial charge in [0, 0.05) is 40.2 Å². The molecule has 0 radical (unpaired) electrons. The van der Waals surface area contributed by atoms with Crippen molar-refractivity contribution in [2.45, 2.75) is 26.7 Å². The van der Waals surface area contributed by atoms with Crippen molar-refractivity contribution in [3.63, 3.8) is 0 Å². The number of nitrogens with one attached hydrogen (secondary N) is 3. The molecule has 0 heterocycles. The molecule has 0 aromatic carbocycles. The Kier molecular flexibility index (Phi) is 10.1. The summed E-state index contributed by atoms with van der Waals surface area (Å²) < 4.78 is 0. The molecule has 0 aliphatic rings. The smallest absolute Gasteiger partial charge is 0.243 e. The Morgan fingerprint density at radius 3 is 2.30 bits per heavy atom. The lowest BCUT2D eigenvalue weighted by Crippen LogP contribution is -2.40. The van der Waals surface area contributed by atoms with Crippen LogP contribution in [0.5, 0.6) is 0 Å². The SMILES string of the molecule is CCCNC(=O)CCNC(=NCC(=O)N(C)C)NCC. The van der Waals surface area contributed by atoms with E-state index in [2.05, 4.69) is 20.9 Å². The van der Waals surface area contributed by atoms with E-state index in [1.807, 2.05) is 13.8 Å². The summed E-state index contributed by atoms with van der Waals surface area (Å²) in [7, 11) is 3.38. The van der Waals surface area contributed by atoms with Crippen LogP contribution in [0.2, 0.25) is 0 Å². The van der Waals surface area contributed by atoms with Crippen molar-refractivity contribution in [3.8, 4) is 0 Å². The maximum atomic E-state index is 11.5. The fraction of sp³-hybridized carbons (Fsp3) is 0.769. The summed E-state index contributed by atoms with van der Waals surface area (Å²) in [4.78, 5) is 28.5. The molecule has 0 atom stereocenters. The van der Waals surface area contributed by atoms with E-state index in [1.54, 1.807) is 14.1 Å². The highest BCUT2D eigenvalue weighted by molar-refractivity contribution is 5.85. The molecule has 20 heavy (non-hydrogen) atoms. The van der Waals surface area contributed by atoms with Gasteiger partial charge >= 0.3 is 0 Å². The number of nitrogens with zero attached hydrogens (tertiary/aromatic N) is 2. The normalized spacial score (nSPS) is 10.9. The third kappa shape index (κ3) is 9.18. The van der Waals surface area contributed by atoms with Crippen LogP contribution in [0.4, 0.5) is 0 Å². The van der Waals surface area contributed by atoms with Gasteiger partial charge in [-0.1, -0.05) is 6.92 Å². The first-order chi connectivity index (χ1) is 9.51. The number of carbonyl (C=O) groups is 2. The van der Waals surface area contributed by atoms with Crippen molar-refractivity contribution in [2.75, 3.05) is 40.3 Å². The zero-order valence-corrected chi connectivity index (χ0v) is 13.0. The number of likely N-dealkylation sites (N-methyl/N-ethyl adjacent to an activating group) is 1. The molecule has 0 aliphatic heterocycles. The minimum Gasteiger partial charge on any atom is -0.357 e. The molecule has 0 rings (SSSR count). The van der Waals surface area contributed by atoms with E-state index in [4.69, 9.17) is 0 Å². The molecule has 0 saturated carbocycles. The van der Waals surface area contributed by atoms with Crippen molar-refractivity contribution in [3.05, 3.63) is 0 Å². The lowest BCUT2D eigenvalue weighted by molar-refractivity contribution is -0.127. The summed E-state index contributed by atoms with van der Waals surface area (Å²) in [6.45, 7) is 5.92. The van der Waals surface area contributed by atoms with E-state index >= 15 is 0 Å². The molecule has 0 aliphatic carbocycles. The second kappa shape index (κ2) is 11.1. The summed E-state index contributed by atoms with van der Waals surface area (Å²) >= 11 is 0. The number of hydrogen-bond acceptors (Lipinski definition) is 3. The standard InChI is InChI=1S/C13H27N5O2/c1-5-8-15-11(19)7-9-16-13(14-6-2)17-10-12(20)18(3)4/h5-10H2,1-4H3,(H,15,19)(H2,14,16,17). The number of guanidine groups is 1. The predicted octanol–water partition coefficient (Wildman–Crippen LogP) is -0.454. The van der Waals surface area contributed by atoms with Crippen LogP contribution >= 0.6 is 0 Å². The van der Waals surface area contributed by atoms with Crippen LogP contribution in [0, 0.1) is 0 Å². The molecular formula is C13H27N5O2. The Balaban J connectivity index is 4.10. The summed E-state index contributed by atoms with van der Waals surface area (Å²) in [6, 6.07) is 0. The van der Waals surface area contributed by atoms with Crippen LogP contribution in [0.15, 0.2) is 4.99 Å². The first kappa shape index (κ1) is 18.2. The van der Waals surface area contributed by atoms with E-state index in [-0.39, 0.29) is 18.4 Å². The van der Waals surface area contributed by atoms with Crippen molar-refractivity contribution >= 4 is 17.8 Å². The molecule has 7 nitrogen and oxygen atoms in total. The van der Waals surface area contributed by atoms with Gasteiger partial charge in [0.2, 0.25) is 11.8 Å². The monoisotopic (exact) mass is 285 g/mol. The largest absolute Gasteiger partial charge is 0.357 e. The molecule has 0 fully saturated rings. The second-order valence-corrected chi connectivity index (χ2v) is 4.51. The summed E-state index contributed by atoms with van der Waals surface area (Å²) in [5, 5.41) is 8.86. The van der Waals surface area contributed by atoms with E-state index in [9.17, 15) is 9.59 Å². The van der Waals surface area contributed by atoms with Crippen molar-refractivity contribution < 1.29 is 9.59 Å². The molecule has 0 aromatic rings. The lowest BCUT2D eigenvalue weighted by Gasteiger charge is -2.12. The lowest BCUT2D eigenvalue weighted by atomic mass is 10.4.